The first-order chi connectivity index (χ1) is 13.0. The van der Waals surface area contributed by atoms with Crippen molar-refractivity contribution in [3.8, 4) is 11.1 Å². The minimum atomic E-state index is -0.615. The van der Waals surface area contributed by atoms with E-state index in [9.17, 15) is 9.59 Å². The molecule has 4 nitrogen and oxygen atoms in total. The quantitative estimate of drug-likeness (QED) is 0.661. The molecule has 0 fully saturated rings. The average molecular weight is 386 g/mol. The number of nitrogens with one attached hydrogen (secondary N) is 1. The Balaban J connectivity index is 2.10. The average Bonchev–Trinajstić information content (AvgIpc) is 2.65. The van der Waals surface area contributed by atoms with E-state index in [1.54, 1.807) is 11.8 Å². The van der Waals surface area contributed by atoms with E-state index >= 15 is 0 Å². The molecule has 0 radical (unpaired) electrons. The second-order valence-corrected chi connectivity index (χ2v) is 7.57. The molecule has 0 saturated carbocycles. The van der Waals surface area contributed by atoms with Crippen LogP contribution in [-0.4, -0.2) is 36.0 Å². The highest BCUT2D eigenvalue weighted by molar-refractivity contribution is 7.98. The number of ether oxygens (including phenoxy) is 1. The fraction of sp³-hybridized carbons (Fsp3) is 0.364. The van der Waals surface area contributed by atoms with Gasteiger partial charge in [-0.1, -0.05) is 54.6 Å². The Morgan fingerprint density at radius 2 is 1.70 bits per heavy atom. The van der Waals surface area contributed by atoms with Crippen LogP contribution >= 0.6 is 11.8 Å². The standard InChI is InChI=1S/C22H27NO3S/c1-16(2)26-22(25)20(13-14-27-3)23-21(24)15-18-11-7-8-12-19(18)17-9-5-4-6-10-17/h4-12,16,20H,13-15H2,1-3H3,(H,23,24)/t20-/m0/s1. The first kappa shape index (κ1) is 21.0. The van der Waals surface area contributed by atoms with Gasteiger partial charge in [0.15, 0.2) is 0 Å². The number of amides is 1. The summed E-state index contributed by atoms with van der Waals surface area (Å²) >= 11 is 1.64. The molecule has 1 atom stereocenters. The van der Waals surface area contributed by atoms with Gasteiger partial charge in [-0.2, -0.15) is 11.8 Å². The lowest BCUT2D eigenvalue weighted by atomic mass is 9.97. The monoisotopic (exact) mass is 385 g/mol. The largest absolute Gasteiger partial charge is 0.461 e. The zero-order chi connectivity index (χ0) is 19.6. The van der Waals surface area contributed by atoms with Crippen LogP contribution in [0.15, 0.2) is 54.6 Å². The molecule has 144 valence electrons. The van der Waals surface area contributed by atoms with Crippen molar-refractivity contribution in [3.63, 3.8) is 0 Å². The molecule has 2 rings (SSSR count). The van der Waals surface area contributed by atoms with Gasteiger partial charge in [0.25, 0.3) is 0 Å². The van der Waals surface area contributed by atoms with Crippen LogP contribution in [0.1, 0.15) is 25.8 Å². The number of rotatable bonds is 9. The number of carbonyl (C=O) groups is 2. The second kappa shape index (κ2) is 10.8. The third kappa shape index (κ3) is 6.75. The molecular weight excluding hydrogens is 358 g/mol. The Morgan fingerprint density at radius 3 is 2.37 bits per heavy atom. The van der Waals surface area contributed by atoms with Crippen LogP contribution in [0.2, 0.25) is 0 Å². The normalized spacial score (nSPS) is 11.9. The Hall–Kier alpha value is -2.27. The minimum Gasteiger partial charge on any atom is -0.461 e. The summed E-state index contributed by atoms with van der Waals surface area (Å²) in [7, 11) is 0. The van der Waals surface area contributed by atoms with Gasteiger partial charge < -0.3 is 10.1 Å². The van der Waals surface area contributed by atoms with E-state index in [2.05, 4.69) is 5.32 Å². The fourth-order valence-electron chi connectivity index (χ4n) is 2.79. The number of benzene rings is 2. The van der Waals surface area contributed by atoms with Gasteiger partial charge in [0.2, 0.25) is 5.91 Å². The number of carbonyl (C=O) groups excluding carboxylic acids is 2. The van der Waals surface area contributed by atoms with Gasteiger partial charge in [0.05, 0.1) is 12.5 Å². The van der Waals surface area contributed by atoms with E-state index in [0.29, 0.717) is 6.42 Å². The maximum absolute atomic E-state index is 12.6. The maximum atomic E-state index is 12.6. The summed E-state index contributed by atoms with van der Waals surface area (Å²) in [5, 5.41) is 2.86. The van der Waals surface area contributed by atoms with Crippen LogP contribution in [0.4, 0.5) is 0 Å². The number of esters is 1. The Kier molecular flexibility index (Phi) is 8.40. The van der Waals surface area contributed by atoms with E-state index in [4.69, 9.17) is 4.74 Å². The van der Waals surface area contributed by atoms with E-state index in [1.165, 1.54) is 0 Å². The van der Waals surface area contributed by atoms with Crippen molar-refractivity contribution in [2.45, 2.75) is 38.8 Å². The van der Waals surface area contributed by atoms with Crippen LogP contribution in [0.3, 0.4) is 0 Å². The van der Waals surface area contributed by atoms with Gasteiger partial charge in [0.1, 0.15) is 6.04 Å². The van der Waals surface area contributed by atoms with Crippen LogP contribution in [0.25, 0.3) is 11.1 Å². The van der Waals surface area contributed by atoms with Crippen molar-refractivity contribution in [1.82, 2.24) is 5.32 Å². The Labute approximate surface area is 165 Å². The van der Waals surface area contributed by atoms with E-state index in [-0.39, 0.29) is 24.4 Å². The van der Waals surface area contributed by atoms with Crippen molar-refractivity contribution >= 4 is 23.6 Å². The number of thioether (sulfide) groups is 1. The highest BCUT2D eigenvalue weighted by atomic mass is 32.2. The first-order valence-electron chi connectivity index (χ1n) is 9.13. The Bertz CT molecular complexity index is 746. The summed E-state index contributed by atoms with van der Waals surface area (Å²) in [5.41, 5.74) is 3.03. The summed E-state index contributed by atoms with van der Waals surface area (Å²) in [6, 6.07) is 17.2. The molecule has 0 saturated heterocycles. The van der Waals surface area contributed by atoms with Crippen LogP contribution in [0.5, 0.6) is 0 Å². The van der Waals surface area contributed by atoms with Crippen LogP contribution in [0, 0.1) is 0 Å². The number of hydrogen-bond donors (Lipinski definition) is 1. The van der Waals surface area contributed by atoms with Gasteiger partial charge in [-0.25, -0.2) is 4.79 Å². The molecule has 0 spiro atoms. The van der Waals surface area contributed by atoms with Crippen molar-refractivity contribution in [2.24, 2.45) is 0 Å². The van der Waals surface area contributed by atoms with Crippen molar-refractivity contribution in [3.05, 3.63) is 60.2 Å². The third-order valence-electron chi connectivity index (χ3n) is 4.04. The molecule has 1 N–H and O–H groups in total. The topological polar surface area (TPSA) is 55.4 Å². The van der Waals surface area contributed by atoms with Gasteiger partial charge >= 0.3 is 5.97 Å². The lowest BCUT2D eigenvalue weighted by molar-refractivity contribution is -0.151. The Morgan fingerprint density at radius 1 is 1.04 bits per heavy atom. The SMILES string of the molecule is CSCC[C@H](NC(=O)Cc1ccccc1-c1ccccc1)C(=O)OC(C)C. The molecule has 1 amide bonds. The highest BCUT2D eigenvalue weighted by Crippen LogP contribution is 2.23. The molecule has 0 unspecified atom stereocenters. The summed E-state index contributed by atoms with van der Waals surface area (Å²) < 4.78 is 5.29. The summed E-state index contributed by atoms with van der Waals surface area (Å²) in [5.74, 6) is 0.229. The first-order valence-corrected chi connectivity index (χ1v) is 10.5. The molecule has 0 heterocycles. The lowest BCUT2D eigenvalue weighted by Gasteiger charge is -2.19. The van der Waals surface area contributed by atoms with Crippen molar-refractivity contribution in [2.75, 3.05) is 12.0 Å². The molecule has 2 aromatic carbocycles. The fourth-order valence-corrected chi connectivity index (χ4v) is 3.26. The molecule has 0 aromatic heterocycles. The second-order valence-electron chi connectivity index (χ2n) is 6.59. The van der Waals surface area contributed by atoms with E-state index < -0.39 is 6.04 Å². The molecule has 2 aromatic rings. The molecule has 0 aliphatic carbocycles. The predicted molar refractivity (Wildman–Crippen MR) is 112 cm³/mol. The molecule has 0 aliphatic rings. The zero-order valence-corrected chi connectivity index (χ0v) is 16.9. The zero-order valence-electron chi connectivity index (χ0n) is 16.1. The number of hydrogen-bond acceptors (Lipinski definition) is 4. The van der Waals surface area contributed by atoms with E-state index in [0.717, 1.165) is 22.4 Å². The molecule has 0 aliphatic heterocycles. The summed E-state index contributed by atoms with van der Waals surface area (Å²) in [4.78, 5) is 24.9. The summed E-state index contributed by atoms with van der Waals surface area (Å²) in [6.07, 6.45) is 2.54. The van der Waals surface area contributed by atoms with Gasteiger partial charge in [-0.15, -0.1) is 0 Å². The molecule has 5 heteroatoms. The van der Waals surface area contributed by atoms with Crippen LogP contribution < -0.4 is 5.32 Å². The van der Waals surface area contributed by atoms with Crippen molar-refractivity contribution < 1.29 is 14.3 Å². The summed E-state index contributed by atoms with van der Waals surface area (Å²) in [6.45, 7) is 3.61. The van der Waals surface area contributed by atoms with Crippen LogP contribution in [-0.2, 0) is 20.7 Å². The smallest absolute Gasteiger partial charge is 0.328 e. The molecular formula is C22H27NO3S. The van der Waals surface area contributed by atoms with E-state index in [1.807, 2.05) is 74.7 Å². The highest BCUT2D eigenvalue weighted by Gasteiger charge is 2.23. The van der Waals surface area contributed by atoms with Gasteiger partial charge in [0, 0.05) is 0 Å². The van der Waals surface area contributed by atoms with Crippen molar-refractivity contribution in [1.29, 1.82) is 0 Å². The molecule has 0 bridgehead atoms. The van der Waals surface area contributed by atoms with Gasteiger partial charge in [-0.3, -0.25) is 4.79 Å². The minimum absolute atomic E-state index is 0.176. The molecule has 27 heavy (non-hydrogen) atoms. The van der Waals surface area contributed by atoms with Gasteiger partial charge in [-0.05, 0) is 49.0 Å². The lowest BCUT2D eigenvalue weighted by Crippen LogP contribution is -2.43. The maximum Gasteiger partial charge on any atom is 0.328 e. The third-order valence-corrected chi connectivity index (χ3v) is 4.68. The predicted octanol–water partition coefficient (Wildman–Crippen LogP) is 4.09.